The monoisotopic (exact) mass is 300 g/mol. The quantitative estimate of drug-likeness (QED) is 0.884. The van der Waals surface area contributed by atoms with E-state index in [9.17, 15) is 0 Å². The summed E-state index contributed by atoms with van der Waals surface area (Å²) in [5.41, 5.74) is 0.900. The number of ether oxygens (including phenoxy) is 2. The van der Waals surface area contributed by atoms with Crippen LogP contribution in [0.5, 0.6) is 11.5 Å². The molecule has 2 N–H and O–H groups in total. The number of benzene rings is 1. The summed E-state index contributed by atoms with van der Waals surface area (Å²) < 4.78 is 11.1. The largest absolute Gasteiger partial charge is 0.486 e. The number of aromatic nitrogens is 2. The number of nitrogens with one attached hydrogen (secondary N) is 2. The summed E-state index contributed by atoms with van der Waals surface area (Å²) in [7, 11) is 0. The van der Waals surface area contributed by atoms with E-state index in [1.54, 1.807) is 6.33 Å². The zero-order valence-corrected chi connectivity index (χ0v) is 12.8. The van der Waals surface area contributed by atoms with Crippen molar-refractivity contribution < 1.29 is 9.47 Å². The lowest BCUT2D eigenvalue weighted by molar-refractivity contribution is 0.171. The molecule has 3 rings (SSSR count). The molecule has 0 radical (unpaired) electrons. The van der Waals surface area contributed by atoms with E-state index in [-0.39, 0.29) is 0 Å². The smallest absolute Gasteiger partial charge is 0.163 e. The van der Waals surface area contributed by atoms with E-state index in [1.807, 2.05) is 24.3 Å². The standard InChI is InChI=1S/C16H20N4O2/c1-3-11(2)19-15-9-16(18-10-17-15)20-12-4-5-13-14(8-12)22-7-6-21-13/h4-5,8-11H,3,6-7H2,1-2H3,(H2,17,18,19,20). The zero-order valence-electron chi connectivity index (χ0n) is 12.8. The van der Waals surface area contributed by atoms with Crippen molar-refractivity contribution in [3.05, 3.63) is 30.6 Å². The molecule has 1 aliphatic heterocycles. The SMILES string of the molecule is CCC(C)Nc1cc(Nc2ccc3c(c2)OCCO3)ncn1. The van der Waals surface area contributed by atoms with Gasteiger partial charge >= 0.3 is 0 Å². The van der Waals surface area contributed by atoms with Crippen molar-refractivity contribution in [2.45, 2.75) is 26.3 Å². The van der Waals surface area contributed by atoms with Crippen LogP contribution in [-0.2, 0) is 0 Å². The Hall–Kier alpha value is -2.50. The fraction of sp³-hybridized carbons (Fsp3) is 0.375. The number of hydrogen-bond acceptors (Lipinski definition) is 6. The molecule has 0 saturated carbocycles. The molecule has 1 aromatic carbocycles. The van der Waals surface area contributed by atoms with Gasteiger partial charge in [0.2, 0.25) is 0 Å². The Bertz CT molecular complexity index is 648. The second-order valence-electron chi connectivity index (χ2n) is 5.23. The Morgan fingerprint density at radius 2 is 1.86 bits per heavy atom. The van der Waals surface area contributed by atoms with Gasteiger partial charge in [-0.1, -0.05) is 6.92 Å². The summed E-state index contributed by atoms with van der Waals surface area (Å²) >= 11 is 0. The highest BCUT2D eigenvalue weighted by Crippen LogP contribution is 2.33. The Morgan fingerprint density at radius 1 is 1.09 bits per heavy atom. The molecule has 116 valence electrons. The average molecular weight is 300 g/mol. The molecule has 0 aliphatic carbocycles. The van der Waals surface area contributed by atoms with Gasteiger partial charge in [-0.2, -0.15) is 0 Å². The van der Waals surface area contributed by atoms with Crippen molar-refractivity contribution in [1.29, 1.82) is 0 Å². The van der Waals surface area contributed by atoms with Crippen LogP contribution in [0.4, 0.5) is 17.3 Å². The maximum Gasteiger partial charge on any atom is 0.163 e. The van der Waals surface area contributed by atoms with Gasteiger partial charge in [0, 0.05) is 23.9 Å². The molecule has 0 saturated heterocycles. The molecule has 0 amide bonds. The number of rotatable bonds is 5. The zero-order chi connectivity index (χ0) is 15.4. The molecular formula is C16H20N4O2. The molecule has 2 aromatic rings. The highest BCUT2D eigenvalue weighted by Gasteiger charge is 2.12. The first kappa shape index (κ1) is 14.4. The third-order valence-electron chi connectivity index (χ3n) is 3.49. The Morgan fingerprint density at radius 3 is 2.68 bits per heavy atom. The molecule has 6 nitrogen and oxygen atoms in total. The Kier molecular flexibility index (Phi) is 4.27. The summed E-state index contributed by atoms with van der Waals surface area (Å²) in [6, 6.07) is 8.02. The first-order valence-electron chi connectivity index (χ1n) is 7.50. The van der Waals surface area contributed by atoms with Crippen LogP contribution < -0.4 is 20.1 Å². The first-order valence-corrected chi connectivity index (χ1v) is 7.50. The van der Waals surface area contributed by atoms with E-state index in [1.165, 1.54) is 0 Å². The second kappa shape index (κ2) is 6.51. The number of hydrogen-bond donors (Lipinski definition) is 2. The van der Waals surface area contributed by atoms with Crippen LogP contribution in [0.25, 0.3) is 0 Å². The van der Waals surface area contributed by atoms with Gasteiger partial charge in [-0.05, 0) is 25.5 Å². The minimum absolute atomic E-state index is 0.372. The number of fused-ring (bicyclic) bond motifs is 1. The summed E-state index contributed by atoms with van der Waals surface area (Å²) in [6.45, 7) is 5.42. The van der Waals surface area contributed by atoms with Crippen LogP contribution >= 0.6 is 0 Å². The highest BCUT2D eigenvalue weighted by molar-refractivity contribution is 5.63. The van der Waals surface area contributed by atoms with Crippen molar-refractivity contribution in [3.8, 4) is 11.5 Å². The van der Waals surface area contributed by atoms with E-state index >= 15 is 0 Å². The minimum atomic E-state index is 0.372. The summed E-state index contributed by atoms with van der Waals surface area (Å²) in [5, 5.41) is 6.59. The fourth-order valence-corrected chi connectivity index (χ4v) is 2.13. The van der Waals surface area contributed by atoms with Gasteiger partial charge in [0.25, 0.3) is 0 Å². The van der Waals surface area contributed by atoms with Gasteiger partial charge in [0.05, 0.1) is 0 Å². The number of anilines is 3. The maximum atomic E-state index is 5.58. The van der Waals surface area contributed by atoms with Crippen molar-refractivity contribution in [1.82, 2.24) is 9.97 Å². The Labute approximate surface area is 129 Å². The fourth-order valence-electron chi connectivity index (χ4n) is 2.13. The van der Waals surface area contributed by atoms with Crippen molar-refractivity contribution in [2.75, 3.05) is 23.8 Å². The maximum absolute atomic E-state index is 5.58. The molecule has 1 aliphatic rings. The molecule has 0 fully saturated rings. The van der Waals surface area contributed by atoms with Crippen molar-refractivity contribution in [2.24, 2.45) is 0 Å². The molecular weight excluding hydrogens is 280 g/mol. The van der Waals surface area contributed by atoms with Gasteiger partial charge in [-0.15, -0.1) is 0 Å². The molecule has 1 aromatic heterocycles. The summed E-state index contributed by atoms with van der Waals surface area (Å²) in [4.78, 5) is 8.48. The van der Waals surface area contributed by atoms with Gasteiger partial charge in [-0.3, -0.25) is 0 Å². The van der Waals surface area contributed by atoms with E-state index in [0.717, 1.165) is 35.2 Å². The molecule has 0 bridgehead atoms. The first-order chi connectivity index (χ1) is 10.7. The second-order valence-corrected chi connectivity index (χ2v) is 5.23. The van der Waals surface area contributed by atoms with Crippen LogP contribution in [0.2, 0.25) is 0 Å². The summed E-state index contributed by atoms with van der Waals surface area (Å²) in [5.74, 6) is 3.07. The normalized spacial score (nSPS) is 14.3. The van der Waals surface area contributed by atoms with E-state index in [2.05, 4.69) is 34.4 Å². The summed E-state index contributed by atoms with van der Waals surface area (Å²) in [6.07, 6.45) is 2.58. The lowest BCUT2D eigenvalue weighted by Crippen LogP contribution is -2.15. The van der Waals surface area contributed by atoms with Crippen LogP contribution in [0.15, 0.2) is 30.6 Å². The third kappa shape index (κ3) is 3.39. The van der Waals surface area contributed by atoms with Gasteiger partial charge in [0.1, 0.15) is 31.2 Å². The van der Waals surface area contributed by atoms with Crippen molar-refractivity contribution >= 4 is 17.3 Å². The molecule has 22 heavy (non-hydrogen) atoms. The number of nitrogens with zero attached hydrogens (tertiary/aromatic N) is 2. The van der Waals surface area contributed by atoms with Gasteiger partial charge in [0.15, 0.2) is 11.5 Å². The molecule has 2 heterocycles. The third-order valence-corrected chi connectivity index (χ3v) is 3.49. The van der Waals surface area contributed by atoms with Crippen LogP contribution in [0, 0.1) is 0 Å². The minimum Gasteiger partial charge on any atom is -0.486 e. The van der Waals surface area contributed by atoms with Crippen molar-refractivity contribution in [3.63, 3.8) is 0 Å². The lowest BCUT2D eigenvalue weighted by atomic mass is 10.2. The average Bonchev–Trinajstić information content (AvgIpc) is 2.55. The van der Waals surface area contributed by atoms with E-state index in [4.69, 9.17) is 9.47 Å². The predicted molar refractivity (Wildman–Crippen MR) is 86.1 cm³/mol. The van der Waals surface area contributed by atoms with E-state index in [0.29, 0.717) is 19.3 Å². The molecule has 1 unspecified atom stereocenters. The topological polar surface area (TPSA) is 68.3 Å². The van der Waals surface area contributed by atoms with Gasteiger partial charge < -0.3 is 20.1 Å². The predicted octanol–water partition coefficient (Wildman–Crippen LogP) is 3.20. The lowest BCUT2D eigenvalue weighted by Gasteiger charge is -2.19. The van der Waals surface area contributed by atoms with E-state index < -0.39 is 0 Å². The highest BCUT2D eigenvalue weighted by atomic mass is 16.6. The molecule has 6 heteroatoms. The molecule has 0 spiro atoms. The van der Waals surface area contributed by atoms with Crippen LogP contribution in [-0.4, -0.2) is 29.2 Å². The van der Waals surface area contributed by atoms with Gasteiger partial charge in [-0.25, -0.2) is 9.97 Å². The Balaban J connectivity index is 1.74. The van der Waals surface area contributed by atoms with Crippen LogP contribution in [0.1, 0.15) is 20.3 Å². The van der Waals surface area contributed by atoms with Crippen LogP contribution in [0.3, 0.4) is 0 Å². The molecule has 1 atom stereocenters.